The van der Waals surface area contributed by atoms with E-state index in [4.69, 9.17) is 19.2 Å². The molecule has 168 valence electrons. The number of pyridine rings is 1. The standard InChI is InChI=1S/C28H21NO5/c1-32-20-11-8-16(9-12-20)26-25(28(31)34-3)24(27(30)33-2)23-21-15-18-7-5-4-6-17(18)14-19(21)10-13-22(23)29-26/h4-15H,1-3H3. The van der Waals surface area contributed by atoms with Gasteiger partial charge in [0.1, 0.15) is 11.3 Å². The largest absolute Gasteiger partial charge is 0.497 e. The zero-order valence-electron chi connectivity index (χ0n) is 18.9. The van der Waals surface area contributed by atoms with Crippen LogP contribution in [0.5, 0.6) is 5.75 Å². The summed E-state index contributed by atoms with van der Waals surface area (Å²) < 4.78 is 15.5. The molecule has 1 aromatic heterocycles. The van der Waals surface area contributed by atoms with E-state index in [2.05, 4.69) is 6.07 Å². The highest BCUT2D eigenvalue weighted by Gasteiger charge is 2.28. The van der Waals surface area contributed by atoms with Crippen molar-refractivity contribution in [2.75, 3.05) is 21.3 Å². The van der Waals surface area contributed by atoms with E-state index >= 15 is 0 Å². The molecular formula is C28H21NO5. The van der Waals surface area contributed by atoms with E-state index in [9.17, 15) is 9.59 Å². The summed E-state index contributed by atoms with van der Waals surface area (Å²) in [4.78, 5) is 31.1. The Balaban J connectivity index is 1.95. The molecule has 1 heterocycles. The fourth-order valence-electron chi connectivity index (χ4n) is 4.34. The highest BCUT2D eigenvalue weighted by molar-refractivity contribution is 6.22. The zero-order valence-corrected chi connectivity index (χ0v) is 18.9. The number of aromatic nitrogens is 1. The molecule has 0 radical (unpaired) electrons. The van der Waals surface area contributed by atoms with Crippen molar-refractivity contribution in [2.45, 2.75) is 0 Å². The number of fused-ring (bicyclic) bond motifs is 4. The van der Waals surface area contributed by atoms with Crippen LogP contribution in [0.4, 0.5) is 0 Å². The average Bonchev–Trinajstić information content (AvgIpc) is 2.89. The Morgan fingerprint density at radius 3 is 2.00 bits per heavy atom. The minimum atomic E-state index is -0.668. The topological polar surface area (TPSA) is 74.7 Å². The third-order valence-electron chi connectivity index (χ3n) is 5.98. The van der Waals surface area contributed by atoms with Crippen molar-refractivity contribution in [3.8, 4) is 17.0 Å². The molecule has 6 heteroatoms. The van der Waals surface area contributed by atoms with Crippen LogP contribution in [0, 0.1) is 0 Å². The Morgan fingerprint density at radius 2 is 1.35 bits per heavy atom. The summed E-state index contributed by atoms with van der Waals surface area (Å²) >= 11 is 0. The van der Waals surface area contributed by atoms with Crippen molar-refractivity contribution in [1.82, 2.24) is 4.98 Å². The molecule has 5 rings (SSSR count). The van der Waals surface area contributed by atoms with Gasteiger partial charge in [-0.25, -0.2) is 14.6 Å². The number of hydrogen-bond donors (Lipinski definition) is 0. The summed E-state index contributed by atoms with van der Waals surface area (Å²) in [6.45, 7) is 0. The third-order valence-corrected chi connectivity index (χ3v) is 5.98. The van der Waals surface area contributed by atoms with Gasteiger partial charge in [-0.2, -0.15) is 0 Å². The first-order valence-electron chi connectivity index (χ1n) is 10.7. The Hall–Kier alpha value is -4.45. The van der Waals surface area contributed by atoms with E-state index in [-0.39, 0.29) is 11.1 Å². The van der Waals surface area contributed by atoms with Gasteiger partial charge in [-0.3, -0.25) is 0 Å². The van der Waals surface area contributed by atoms with Crippen molar-refractivity contribution >= 4 is 44.4 Å². The molecule has 4 aromatic carbocycles. The Kier molecular flexibility index (Phi) is 5.34. The molecule has 0 bridgehead atoms. The van der Waals surface area contributed by atoms with Crippen LogP contribution in [0.15, 0.2) is 72.8 Å². The predicted octanol–water partition coefficient (Wildman–Crippen LogP) is 5.79. The molecule has 0 fully saturated rings. The predicted molar refractivity (Wildman–Crippen MR) is 131 cm³/mol. The fraction of sp³-hybridized carbons (Fsp3) is 0.107. The Labute approximate surface area is 195 Å². The number of nitrogens with zero attached hydrogens (tertiary/aromatic N) is 1. The van der Waals surface area contributed by atoms with E-state index in [1.165, 1.54) is 14.2 Å². The maximum absolute atomic E-state index is 13.2. The molecule has 5 aromatic rings. The summed E-state index contributed by atoms with van der Waals surface area (Å²) in [6, 6.07) is 23.0. The van der Waals surface area contributed by atoms with Gasteiger partial charge in [0.15, 0.2) is 0 Å². The number of hydrogen-bond acceptors (Lipinski definition) is 6. The van der Waals surface area contributed by atoms with E-state index < -0.39 is 11.9 Å². The summed E-state index contributed by atoms with van der Waals surface area (Å²) in [7, 11) is 4.15. The van der Waals surface area contributed by atoms with Gasteiger partial charge in [0.05, 0.1) is 38.1 Å². The molecule has 0 atom stereocenters. The summed E-state index contributed by atoms with van der Waals surface area (Å²) in [5.74, 6) is -0.642. The lowest BCUT2D eigenvalue weighted by atomic mass is 9.92. The molecule has 0 amide bonds. The SMILES string of the molecule is COC(=O)c1c(-c2ccc(OC)cc2)nc2ccc3cc4ccccc4cc3c2c1C(=O)OC. The van der Waals surface area contributed by atoms with Gasteiger partial charge in [0.2, 0.25) is 0 Å². The van der Waals surface area contributed by atoms with E-state index in [0.717, 1.165) is 21.5 Å². The number of rotatable bonds is 4. The highest BCUT2D eigenvalue weighted by Crippen LogP contribution is 2.37. The second-order valence-electron chi connectivity index (χ2n) is 7.80. The smallest absolute Gasteiger partial charge is 0.340 e. The maximum Gasteiger partial charge on any atom is 0.340 e. The van der Waals surface area contributed by atoms with Crippen molar-refractivity contribution in [3.05, 3.63) is 83.9 Å². The number of methoxy groups -OCH3 is 3. The van der Waals surface area contributed by atoms with E-state index in [1.807, 2.05) is 42.5 Å². The van der Waals surface area contributed by atoms with E-state index in [0.29, 0.717) is 27.9 Å². The fourth-order valence-corrected chi connectivity index (χ4v) is 4.34. The molecule has 6 nitrogen and oxygen atoms in total. The second-order valence-corrected chi connectivity index (χ2v) is 7.80. The molecule has 0 saturated carbocycles. The highest BCUT2D eigenvalue weighted by atomic mass is 16.5. The van der Waals surface area contributed by atoms with Gasteiger partial charge in [-0.1, -0.05) is 30.3 Å². The Morgan fingerprint density at radius 1 is 0.706 bits per heavy atom. The van der Waals surface area contributed by atoms with Crippen LogP contribution in [0.3, 0.4) is 0 Å². The van der Waals surface area contributed by atoms with Gasteiger partial charge in [-0.15, -0.1) is 0 Å². The average molecular weight is 451 g/mol. The number of carbonyl (C=O) groups excluding carboxylic acids is 2. The lowest BCUT2D eigenvalue weighted by molar-refractivity contribution is 0.0557. The van der Waals surface area contributed by atoms with Crippen molar-refractivity contribution in [2.24, 2.45) is 0 Å². The number of carbonyl (C=O) groups is 2. The zero-order chi connectivity index (χ0) is 23.8. The van der Waals surface area contributed by atoms with Crippen molar-refractivity contribution in [1.29, 1.82) is 0 Å². The van der Waals surface area contributed by atoms with Crippen LogP contribution < -0.4 is 4.74 Å². The minimum Gasteiger partial charge on any atom is -0.497 e. The van der Waals surface area contributed by atoms with Crippen LogP contribution in [0.25, 0.3) is 43.7 Å². The van der Waals surface area contributed by atoms with Crippen LogP contribution >= 0.6 is 0 Å². The normalized spacial score (nSPS) is 11.0. The van der Waals surface area contributed by atoms with Crippen molar-refractivity contribution in [3.63, 3.8) is 0 Å². The second kappa shape index (κ2) is 8.48. The first-order valence-corrected chi connectivity index (χ1v) is 10.7. The van der Waals surface area contributed by atoms with Gasteiger partial charge >= 0.3 is 11.9 Å². The molecule has 0 aliphatic carbocycles. The molecular weight excluding hydrogens is 430 g/mol. The number of benzene rings is 4. The van der Waals surface area contributed by atoms with Crippen LogP contribution in [-0.4, -0.2) is 38.3 Å². The molecule has 0 spiro atoms. The summed E-state index contributed by atoms with van der Waals surface area (Å²) in [6.07, 6.45) is 0. The number of ether oxygens (including phenoxy) is 3. The van der Waals surface area contributed by atoms with Gasteiger partial charge in [0.25, 0.3) is 0 Å². The Bertz CT molecular complexity index is 1590. The monoisotopic (exact) mass is 451 g/mol. The van der Waals surface area contributed by atoms with Crippen molar-refractivity contribution < 1.29 is 23.8 Å². The van der Waals surface area contributed by atoms with Crippen LogP contribution in [0.2, 0.25) is 0 Å². The lowest BCUT2D eigenvalue weighted by Gasteiger charge is -2.16. The first-order chi connectivity index (χ1) is 16.5. The minimum absolute atomic E-state index is 0.0627. The third kappa shape index (κ3) is 3.40. The number of esters is 2. The molecule has 0 aliphatic heterocycles. The first kappa shape index (κ1) is 21.4. The lowest BCUT2D eigenvalue weighted by Crippen LogP contribution is -2.15. The summed E-state index contributed by atoms with van der Waals surface area (Å²) in [5, 5.41) is 4.36. The molecule has 34 heavy (non-hydrogen) atoms. The maximum atomic E-state index is 13.2. The quantitative estimate of drug-likeness (QED) is 0.196. The van der Waals surface area contributed by atoms with Gasteiger partial charge < -0.3 is 14.2 Å². The van der Waals surface area contributed by atoms with Gasteiger partial charge in [0, 0.05) is 10.9 Å². The van der Waals surface area contributed by atoms with E-state index in [1.54, 1.807) is 31.4 Å². The van der Waals surface area contributed by atoms with Crippen LogP contribution in [-0.2, 0) is 9.47 Å². The van der Waals surface area contributed by atoms with Crippen LogP contribution in [0.1, 0.15) is 20.7 Å². The van der Waals surface area contributed by atoms with Gasteiger partial charge in [-0.05, 0) is 64.0 Å². The molecule has 0 N–H and O–H groups in total. The summed E-state index contributed by atoms with van der Waals surface area (Å²) in [5.41, 5.74) is 1.75. The molecule has 0 saturated heterocycles. The molecule has 0 unspecified atom stereocenters. The molecule has 0 aliphatic rings.